The Balaban J connectivity index is 1.84. The molecule has 1 saturated heterocycles. The van der Waals surface area contributed by atoms with Crippen molar-refractivity contribution in [3.05, 3.63) is 0 Å². The van der Waals surface area contributed by atoms with Crippen LogP contribution in [0.25, 0.3) is 0 Å². The molecule has 1 heterocycles. The number of nitrogens with zero attached hydrogens (tertiary/aromatic N) is 2. The van der Waals surface area contributed by atoms with Gasteiger partial charge in [-0.2, -0.15) is 5.26 Å². The van der Waals surface area contributed by atoms with E-state index in [0.717, 1.165) is 18.4 Å². The average Bonchev–Trinajstić information content (AvgIpc) is 2.14. The lowest BCUT2D eigenvalue weighted by molar-refractivity contribution is 0.0880. The number of piperidine rings is 1. The summed E-state index contributed by atoms with van der Waals surface area (Å²) in [4.78, 5) is 2.50. The largest absolute Gasteiger partial charge is 0.302 e. The molecule has 2 rings (SSSR count). The van der Waals surface area contributed by atoms with E-state index >= 15 is 0 Å². The third kappa shape index (κ3) is 2.22. The van der Waals surface area contributed by atoms with Crippen LogP contribution in [0.5, 0.6) is 0 Å². The first-order valence-corrected chi connectivity index (χ1v) is 5.48. The van der Waals surface area contributed by atoms with E-state index in [1.54, 1.807) is 0 Å². The van der Waals surface area contributed by atoms with Crippen LogP contribution in [0, 0.1) is 23.2 Å². The summed E-state index contributed by atoms with van der Waals surface area (Å²) in [7, 11) is 0. The fourth-order valence-corrected chi connectivity index (χ4v) is 2.93. The molecule has 0 aromatic rings. The Kier molecular flexibility index (Phi) is 2.85. The van der Waals surface area contributed by atoms with Crippen molar-refractivity contribution in [1.29, 1.82) is 5.26 Å². The molecule has 1 aliphatic carbocycles. The first-order valence-electron chi connectivity index (χ1n) is 5.48. The SMILES string of the molecule is N#CCCN1C[C@@H]2CCC[C@H](C2)C1. The Morgan fingerprint density at radius 2 is 1.92 bits per heavy atom. The number of hydrogen-bond donors (Lipinski definition) is 0. The second-order valence-electron chi connectivity index (χ2n) is 4.57. The molecule has 0 radical (unpaired) electrons. The van der Waals surface area contributed by atoms with E-state index in [4.69, 9.17) is 5.26 Å². The van der Waals surface area contributed by atoms with Gasteiger partial charge in [-0.15, -0.1) is 0 Å². The summed E-state index contributed by atoms with van der Waals surface area (Å²) < 4.78 is 0. The zero-order valence-corrected chi connectivity index (χ0v) is 8.21. The summed E-state index contributed by atoms with van der Waals surface area (Å²) in [6, 6.07) is 2.24. The highest BCUT2D eigenvalue weighted by molar-refractivity contribution is 4.84. The smallest absolute Gasteiger partial charge is 0.0635 e. The van der Waals surface area contributed by atoms with Gasteiger partial charge in [-0.3, -0.25) is 0 Å². The van der Waals surface area contributed by atoms with Crippen LogP contribution in [0.2, 0.25) is 0 Å². The van der Waals surface area contributed by atoms with Crippen LogP contribution in [0.1, 0.15) is 32.1 Å². The van der Waals surface area contributed by atoms with Crippen molar-refractivity contribution in [2.75, 3.05) is 19.6 Å². The molecule has 2 fully saturated rings. The first-order chi connectivity index (χ1) is 6.38. The summed E-state index contributed by atoms with van der Waals surface area (Å²) in [5.41, 5.74) is 0. The molecule has 0 amide bonds. The number of nitriles is 1. The van der Waals surface area contributed by atoms with Crippen LogP contribution >= 0.6 is 0 Å². The fraction of sp³-hybridized carbons (Fsp3) is 0.909. The van der Waals surface area contributed by atoms with E-state index in [9.17, 15) is 0 Å². The highest BCUT2D eigenvalue weighted by Gasteiger charge is 2.29. The topological polar surface area (TPSA) is 27.0 Å². The van der Waals surface area contributed by atoms with Crippen LogP contribution in [-0.4, -0.2) is 24.5 Å². The van der Waals surface area contributed by atoms with Gasteiger partial charge in [-0.25, -0.2) is 0 Å². The molecule has 13 heavy (non-hydrogen) atoms. The second-order valence-corrected chi connectivity index (χ2v) is 4.57. The molecule has 0 unspecified atom stereocenters. The van der Waals surface area contributed by atoms with Crippen molar-refractivity contribution in [2.24, 2.45) is 11.8 Å². The van der Waals surface area contributed by atoms with E-state index in [1.165, 1.54) is 38.8 Å². The first kappa shape index (κ1) is 9.02. The molecule has 2 aliphatic rings. The van der Waals surface area contributed by atoms with E-state index in [2.05, 4.69) is 11.0 Å². The predicted octanol–water partition coefficient (Wildman–Crippen LogP) is 2.02. The summed E-state index contributed by atoms with van der Waals surface area (Å²) in [6.45, 7) is 3.53. The van der Waals surface area contributed by atoms with E-state index in [1.807, 2.05) is 0 Å². The molecule has 2 nitrogen and oxygen atoms in total. The molecule has 2 atom stereocenters. The average molecular weight is 178 g/mol. The summed E-state index contributed by atoms with van der Waals surface area (Å²) >= 11 is 0. The zero-order chi connectivity index (χ0) is 9.10. The van der Waals surface area contributed by atoms with Crippen molar-refractivity contribution in [3.8, 4) is 6.07 Å². The molecule has 1 saturated carbocycles. The van der Waals surface area contributed by atoms with Gasteiger partial charge in [0.2, 0.25) is 0 Å². The third-order valence-electron chi connectivity index (χ3n) is 3.46. The van der Waals surface area contributed by atoms with Gasteiger partial charge in [0, 0.05) is 26.1 Å². The van der Waals surface area contributed by atoms with Crippen LogP contribution in [-0.2, 0) is 0 Å². The zero-order valence-electron chi connectivity index (χ0n) is 8.21. The normalized spacial score (nSPS) is 34.1. The lowest BCUT2D eigenvalue weighted by atomic mass is 9.78. The minimum atomic E-state index is 0.708. The van der Waals surface area contributed by atoms with E-state index < -0.39 is 0 Å². The fourth-order valence-electron chi connectivity index (χ4n) is 2.93. The molecule has 0 aromatic carbocycles. The Morgan fingerprint density at radius 1 is 1.23 bits per heavy atom. The maximum Gasteiger partial charge on any atom is 0.0635 e. The number of hydrogen-bond acceptors (Lipinski definition) is 2. The van der Waals surface area contributed by atoms with Crippen LogP contribution in [0.15, 0.2) is 0 Å². The van der Waals surface area contributed by atoms with Crippen molar-refractivity contribution in [1.82, 2.24) is 4.90 Å². The molecule has 2 bridgehead atoms. The molecular weight excluding hydrogens is 160 g/mol. The van der Waals surface area contributed by atoms with Gasteiger partial charge in [-0.1, -0.05) is 6.42 Å². The van der Waals surface area contributed by atoms with Gasteiger partial charge in [0.05, 0.1) is 6.07 Å². The van der Waals surface area contributed by atoms with Gasteiger partial charge < -0.3 is 4.90 Å². The Labute approximate surface area is 80.5 Å². The number of likely N-dealkylation sites (tertiary alicyclic amines) is 1. The van der Waals surface area contributed by atoms with E-state index in [-0.39, 0.29) is 0 Å². The lowest BCUT2D eigenvalue weighted by Gasteiger charge is -2.41. The van der Waals surface area contributed by atoms with E-state index in [0.29, 0.717) is 6.42 Å². The molecule has 0 spiro atoms. The predicted molar refractivity (Wildman–Crippen MR) is 52.1 cm³/mol. The molecule has 0 N–H and O–H groups in total. The van der Waals surface area contributed by atoms with Crippen molar-refractivity contribution in [2.45, 2.75) is 32.1 Å². The van der Waals surface area contributed by atoms with Crippen molar-refractivity contribution >= 4 is 0 Å². The third-order valence-corrected chi connectivity index (χ3v) is 3.46. The van der Waals surface area contributed by atoms with Crippen molar-refractivity contribution in [3.63, 3.8) is 0 Å². The molecule has 2 heteroatoms. The number of rotatable bonds is 2. The lowest BCUT2D eigenvalue weighted by Crippen LogP contribution is -2.42. The quantitative estimate of drug-likeness (QED) is 0.647. The van der Waals surface area contributed by atoms with Crippen LogP contribution < -0.4 is 0 Å². The molecular formula is C11H18N2. The Hall–Kier alpha value is -0.550. The second kappa shape index (κ2) is 4.11. The molecule has 72 valence electrons. The standard InChI is InChI=1S/C11H18N2/c12-5-2-6-13-8-10-3-1-4-11(7-10)9-13/h10-11H,1-4,6-9H2/t10-,11-/m1/s1. The highest BCUT2D eigenvalue weighted by Crippen LogP contribution is 2.34. The van der Waals surface area contributed by atoms with Crippen LogP contribution in [0.4, 0.5) is 0 Å². The highest BCUT2D eigenvalue weighted by atomic mass is 15.1. The monoisotopic (exact) mass is 178 g/mol. The maximum absolute atomic E-state index is 8.52. The van der Waals surface area contributed by atoms with Gasteiger partial charge in [0.25, 0.3) is 0 Å². The minimum Gasteiger partial charge on any atom is -0.302 e. The molecule has 1 aliphatic heterocycles. The van der Waals surface area contributed by atoms with Gasteiger partial charge in [0.1, 0.15) is 0 Å². The molecule has 0 aromatic heterocycles. The Morgan fingerprint density at radius 3 is 2.54 bits per heavy atom. The summed E-state index contributed by atoms with van der Waals surface area (Å²) in [5.74, 6) is 1.90. The van der Waals surface area contributed by atoms with Crippen LogP contribution in [0.3, 0.4) is 0 Å². The van der Waals surface area contributed by atoms with Gasteiger partial charge in [-0.05, 0) is 31.1 Å². The summed E-state index contributed by atoms with van der Waals surface area (Å²) in [6.07, 6.45) is 6.48. The Bertz CT molecular complexity index is 195. The maximum atomic E-state index is 8.52. The van der Waals surface area contributed by atoms with Crippen molar-refractivity contribution < 1.29 is 0 Å². The van der Waals surface area contributed by atoms with Gasteiger partial charge in [0.15, 0.2) is 0 Å². The summed E-state index contributed by atoms with van der Waals surface area (Å²) in [5, 5.41) is 8.52. The minimum absolute atomic E-state index is 0.708. The number of fused-ring (bicyclic) bond motifs is 2. The van der Waals surface area contributed by atoms with Gasteiger partial charge >= 0.3 is 0 Å².